The minimum atomic E-state index is 0.569. The predicted octanol–water partition coefficient (Wildman–Crippen LogP) is 11.0. The van der Waals surface area contributed by atoms with Crippen molar-refractivity contribution in [3.05, 3.63) is 158 Å². The molecule has 7 aromatic carbocycles. The maximum absolute atomic E-state index is 6.55. The molecule has 0 saturated heterocycles. The van der Waals surface area contributed by atoms with E-state index in [0.717, 1.165) is 60.4 Å². The third-order valence-electron chi connectivity index (χ3n) is 9.27. The first kappa shape index (κ1) is 26.6. The highest BCUT2D eigenvalue weighted by molar-refractivity contribution is 6.15. The summed E-state index contributed by atoms with van der Waals surface area (Å²) in [5, 5.41) is 6.89. The smallest absolute Gasteiger partial charge is 0.238 e. The molecule has 0 amide bonds. The van der Waals surface area contributed by atoms with Gasteiger partial charge in [-0.1, -0.05) is 127 Å². The Hall–Kier alpha value is -6.59. The summed E-state index contributed by atoms with van der Waals surface area (Å²) in [7, 11) is 0. The zero-order chi connectivity index (χ0) is 31.6. The largest absolute Gasteiger partial charge is 0.456 e. The van der Waals surface area contributed by atoms with Crippen LogP contribution >= 0.6 is 0 Å². The van der Waals surface area contributed by atoms with Gasteiger partial charge in [0.1, 0.15) is 11.2 Å². The first-order chi connectivity index (χ1) is 23.8. The molecule has 3 aromatic heterocycles. The summed E-state index contributed by atoms with van der Waals surface area (Å²) in [6.45, 7) is 0. The maximum Gasteiger partial charge on any atom is 0.238 e. The van der Waals surface area contributed by atoms with Crippen LogP contribution in [0.25, 0.3) is 94.4 Å². The van der Waals surface area contributed by atoms with E-state index in [1.807, 2.05) is 36.4 Å². The molecule has 10 aromatic rings. The lowest BCUT2D eigenvalue weighted by molar-refractivity contribution is 0.669. The van der Waals surface area contributed by atoms with E-state index >= 15 is 0 Å². The molecule has 0 aliphatic carbocycles. The van der Waals surface area contributed by atoms with Crippen LogP contribution in [0, 0.1) is 0 Å². The second kappa shape index (κ2) is 10.5. The van der Waals surface area contributed by atoms with Gasteiger partial charge in [-0.15, -0.1) is 0 Å². The number of hydrogen-bond acceptors (Lipinski definition) is 4. The lowest BCUT2D eigenvalue weighted by Crippen LogP contribution is -2.06. The van der Waals surface area contributed by atoms with Gasteiger partial charge >= 0.3 is 0 Å². The molecule has 5 heteroatoms. The summed E-state index contributed by atoms with van der Waals surface area (Å²) in [5.74, 6) is 1.76. The molecular formula is C43H26N4O. The van der Waals surface area contributed by atoms with E-state index in [1.165, 1.54) is 16.3 Å². The van der Waals surface area contributed by atoms with Gasteiger partial charge in [0.05, 0.1) is 11.0 Å². The van der Waals surface area contributed by atoms with Crippen molar-refractivity contribution in [2.75, 3.05) is 0 Å². The van der Waals surface area contributed by atoms with Crippen LogP contribution in [0.15, 0.2) is 162 Å². The fourth-order valence-corrected chi connectivity index (χ4v) is 7.10. The minimum absolute atomic E-state index is 0.569. The highest BCUT2D eigenvalue weighted by Crippen LogP contribution is 2.40. The lowest BCUT2D eigenvalue weighted by Gasteiger charge is -2.11. The highest BCUT2D eigenvalue weighted by atomic mass is 16.3. The van der Waals surface area contributed by atoms with E-state index < -0.39 is 0 Å². The van der Waals surface area contributed by atoms with E-state index in [4.69, 9.17) is 19.4 Å². The SMILES string of the molecule is c1ccc(-c2nc(-c3ccc4c(c3)oc3cccc(-c5cccc6ccccc56)c34)nc(-n3c4ccccc4c4ccccc43)n2)cc1. The molecule has 0 radical (unpaired) electrons. The summed E-state index contributed by atoms with van der Waals surface area (Å²) in [5.41, 5.74) is 7.84. The first-order valence-corrected chi connectivity index (χ1v) is 16.0. The van der Waals surface area contributed by atoms with Crippen molar-refractivity contribution in [1.82, 2.24) is 19.5 Å². The first-order valence-electron chi connectivity index (χ1n) is 16.0. The molecule has 0 bridgehead atoms. The van der Waals surface area contributed by atoms with Crippen molar-refractivity contribution < 1.29 is 4.42 Å². The molecule has 224 valence electrons. The molecular weight excluding hydrogens is 589 g/mol. The van der Waals surface area contributed by atoms with Crippen molar-refractivity contribution in [1.29, 1.82) is 0 Å². The fourth-order valence-electron chi connectivity index (χ4n) is 7.10. The summed E-state index contributed by atoms with van der Waals surface area (Å²) in [6, 6.07) is 54.4. The minimum Gasteiger partial charge on any atom is -0.456 e. The number of para-hydroxylation sites is 2. The van der Waals surface area contributed by atoms with Gasteiger partial charge < -0.3 is 4.42 Å². The van der Waals surface area contributed by atoms with Crippen molar-refractivity contribution >= 4 is 54.5 Å². The summed E-state index contributed by atoms with van der Waals surface area (Å²) < 4.78 is 8.68. The van der Waals surface area contributed by atoms with Crippen LogP contribution < -0.4 is 0 Å². The van der Waals surface area contributed by atoms with Gasteiger partial charge in [-0.25, -0.2) is 4.98 Å². The molecule has 3 heterocycles. The Morgan fingerprint density at radius 1 is 0.417 bits per heavy atom. The Labute approximate surface area is 275 Å². The van der Waals surface area contributed by atoms with Crippen molar-refractivity contribution in [3.63, 3.8) is 0 Å². The van der Waals surface area contributed by atoms with Gasteiger partial charge in [0, 0.05) is 32.7 Å². The zero-order valence-corrected chi connectivity index (χ0v) is 25.7. The van der Waals surface area contributed by atoms with Crippen molar-refractivity contribution in [3.8, 4) is 39.9 Å². The van der Waals surface area contributed by atoms with E-state index in [1.54, 1.807) is 0 Å². The monoisotopic (exact) mass is 614 g/mol. The third kappa shape index (κ3) is 4.08. The van der Waals surface area contributed by atoms with Crippen molar-refractivity contribution in [2.24, 2.45) is 0 Å². The molecule has 0 aliphatic rings. The lowest BCUT2D eigenvalue weighted by atomic mass is 9.94. The quantitative estimate of drug-likeness (QED) is 0.198. The van der Waals surface area contributed by atoms with Crippen molar-refractivity contribution in [2.45, 2.75) is 0 Å². The molecule has 48 heavy (non-hydrogen) atoms. The van der Waals surface area contributed by atoms with Crippen LogP contribution in [-0.4, -0.2) is 19.5 Å². The van der Waals surface area contributed by atoms with Gasteiger partial charge in [-0.2, -0.15) is 9.97 Å². The van der Waals surface area contributed by atoms with Crippen LogP contribution in [0.5, 0.6) is 0 Å². The van der Waals surface area contributed by atoms with E-state index in [0.29, 0.717) is 17.6 Å². The predicted molar refractivity (Wildman–Crippen MR) is 195 cm³/mol. The van der Waals surface area contributed by atoms with Gasteiger partial charge in [0.2, 0.25) is 5.95 Å². The summed E-state index contributed by atoms with van der Waals surface area (Å²) in [6.07, 6.45) is 0. The maximum atomic E-state index is 6.55. The third-order valence-corrected chi connectivity index (χ3v) is 9.27. The molecule has 5 nitrogen and oxygen atoms in total. The molecule has 0 N–H and O–H groups in total. The standard InChI is InChI=1S/C43H26N4O/c1-2-13-28(14-3-1)41-44-42(46-43(45-41)47-36-21-8-6-17-32(36)33-18-7-9-22-37(33)47)29-24-25-35-39(26-29)48-38-23-11-20-34(40(35)38)31-19-10-15-27-12-4-5-16-30(27)31/h1-26H. The van der Waals surface area contributed by atoms with Gasteiger partial charge in [0.25, 0.3) is 0 Å². The fraction of sp³-hybridized carbons (Fsp3) is 0. The average molecular weight is 615 g/mol. The number of hydrogen-bond donors (Lipinski definition) is 0. The summed E-state index contributed by atoms with van der Waals surface area (Å²) in [4.78, 5) is 15.2. The average Bonchev–Trinajstić information content (AvgIpc) is 3.70. The molecule has 0 atom stereocenters. The second-order valence-corrected chi connectivity index (χ2v) is 12.0. The van der Waals surface area contributed by atoms with Crippen LogP contribution in [0.4, 0.5) is 0 Å². The van der Waals surface area contributed by atoms with E-state index in [-0.39, 0.29) is 0 Å². The molecule has 0 unspecified atom stereocenters. The molecule has 10 rings (SSSR count). The Bertz CT molecular complexity index is 2790. The topological polar surface area (TPSA) is 56.7 Å². The van der Waals surface area contributed by atoms with Crippen LogP contribution in [-0.2, 0) is 0 Å². The Kier molecular flexibility index (Phi) is 5.81. The molecule has 0 fully saturated rings. The molecule has 0 spiro atoms. The van der Waals surface area contributed by atoms with E-state index in [2.05, 4.69) is 126 Å². The molecule has 0 saturated carbocycles. The number of furan rings is 1. The second-order valence-electron chi connectivity index (χ2n) is 12.0. The highest BCUT2D eigenvalue weighted by Gasteiger charge is 2.19. The number of fused-ring (bicyclic) bond motifs is 7. The van der Waals surface area contributed by atoms with E-state index in [9.17, 15) is 0 Å². The number of rotatable bonds is 4. The number of benzene rings is 7. The van der Waals surface area contributed by atoms with Crippen LogP contribution in [0.1, 0.15) is 0 Å². The number of nitrogens with zero attached hydrogens (tertiary/aromatic N) is 4. The number of aromatic nitrogens is 4. The summed E-state index contributed by atoms with van der Waals surface area (Å²) >= 11 is 0. The normalized spacial score (nSPS) is 11.8. The van der Waals surface area contributed by atoms with Crippen LogP contribution in [0.2, 0.25) is 0 Å². The van der Waals surface area contributed by atoms with Gasteiger partial charge in [-0.05, 0) is 52.2 Å². The molecule has 0 aliphatic heterocycles. The Morgan fingerprint density at radius 2 is 1.04 bits per heavy atom. The Morgan fingerprint density at radius 3 is 1.83 bits per heavy atom. The van der Waals surface area contributed by atoms with Gasteiger partial charge in [0.15, 0.2) is 11.6 Å². The Balaban J connectivity index is 1.20. The van der Waals surface area contributed by atoms with Gasteiger partial charge in [-0.3, -0.25) is 4.57 Å². The van der Waals surface area contributed by atoms with Crippen LogP contribution in [0.3, 0.4) is 0 Å². The zero-order valence-electron chi connectivity index (χ0n) is 25.7.